The van der Waals surface area contributed by atoms with Gasteiger partial charge in [-0.2, -0.15) is 5.10 Å². The third kappa shape index (κ3) is 5.88. The van der Waals surface area contributed by atoms with Gasteiger partial charge in [-0.05, 0) is 36.8 Å². The Kier molecular flexibility index (Phi) is 8.04. The van der Waals surface area contributed by atoms with E-state index in [1.165, 1.54) is 28.8 Å². The lowest BCUT2D eigenvalue weighted by Crippen LogP contribution is -2.43. The van der Waals surface area contributed by atoms with E-state index in [0.717, 1.165) is 22.4 Å². The molecule has 0 saturated carbocycles. The summed E-state index contributed by atoms with van der Waals surface area (Å²) in [5, 5.41) is 7.64. The maximum absolute atomic E-state index is 13.8. The molecule has 7 nitrogen and oxygen atoms in total. The predicted molar refractivity (Wildman–Crippen MR) is 145 cm³/mol. The van der Waals surface area contributed by atoms with Crippen LogP contribution in [0.1, 0.15) is 48.4 Å². The molecule has 1 aliphatic rings. The second kappa shape index (κ2) is 11.1. The number of aryl methyl sites for hydroxylation is 1. The zero-order valence-corrected chi connectivity index (χ0v) is 22.7. The number of ether oxygens (including phenoxy) is 1. The minimum Gasteiger partial charge on any atom is -0.383 e. The van der Waals surface area contributed by atoms with Crippen molar-refractivity contribution in [2.45, 2.75) is 38.4 Å². The predicted octanol–water partition coefficient (Wildman–Crippen LogP) is 4.55. The van der Waals surface area contributed by atoms with Crippen LogP contribution in [-0.4, -0.2) is 54.2 Å². The van der Waals surface area contributed by atoms with Gasteiger partial charge in [-0.25, -0.2) is 9.07 Å². The molecule has 196 valence electrons. The first kappa shape index (κ1) is 26.9. The smallest absolute Gasteiger partial charge is 0.240 e. The van der Waals surface area contributed by atoms with Gasteiger partial charge >= 0.3 is 0 Å². The topological polar surface area (TPSA) is 76.5 Å². The van der Waals surface area contributed by atoms with Crippen molar-refractivity contribution in [1.82, 2.24) is 15.1 Å². The Morgan fingerprint density at radius 1 is 1.22 bits per heavy atom. The largest absolute Gasteiger partial charge is 0.383 e. The van der Waals surface area contributed by atoms with E-state index < -0.39 is 0 Å². The molecule has 3 aromatic rings. The van der Waals surface area contributed by atoms with E-state index in [-0.39, 0.29) is 40.6 Å². The van der Waals surface area contributed by atoms with Crippen LogP contribution in [0.5, 0.6) is 0 Å². The summed E-state index contributed by atoms with van der Waals surface area (Å²) >= 11 is 1.53. The second-order valence-electron chi connectivity index (χ2n) is 10.2. The Morgan fingerprint density at radius 2 is 1.95 bits per heavy atom. The number of halogens is 1. The Morgan fingerprint density at radius 3 is 2.59 bits per heavy atom. The fourth-order valence-corrected chi connectivity index (χ4v) is 5.61. The number of benzene rings is 2. The average Bonchev–Trinajstić information content (AvgIpc) is 3.18. The Bertz CT molecular complexity index is 1280. The molecular formula is C28H33FN4O3S. The Balaban J connectivity index is 1.95. The lowest BCUT2D eigenvalue weighted by Gasteiger charge is -2.24. The van der Waals surface area contributed by atoms with Gasteiger partial charge in [0.25, 0.3) is 0 Å². The molecule has 2 heterocycles. The first-order valence-electron chi connectivity index (χ1n) is 12.2. The number of hydrogen-bond acceptors (Lipinski definition) is 5. The van der Waals surface area contributed by atoms with Crippen LogP contribution in [0.3, 0.4) is 0 Å². The van der Waals surface area contributed by atoms with Crippen molar-refractivity contribution in [1.29, 1.82) is 0 Å². The molecule has 0 saturated heterocycles. The van der Waals surface area contributed by atoms with Gasteiger partial charge in [0.05, 0.1) is 29.0 Å². The molecule has 2 amide bonds. The number of thioether (sulfide) groups is 1. The highest BCUT2D eigenvalue weighted by Crippen LogP contribution is 2.48. The van der Waals surface area contributed by atoms with Crippen LogP contribution in [0.25, 0.3) is 5.69 Å². The highest BCUT2D eigenvalue weighted by Gasteiger charge is 2.39. The maximum Gasteiger partial charge on any atom is 0.240 e. The molecule has 1 N–H and O–H groups in total. The number of nitrogens with zero attached hydrogens (tertiary/aromatic N) is 3. The highest BCUT2D eigenvalue weighted by atomic mass is 32.2. The number of methoxy groups -OCH3 is 1. The first-order valence-corrected chi connectivity index (χ1v) is 13.3. The number of rotatable bonds is 7. The summed E-state index contributed by atoms with van der Waals surface area (Å²) in [6.45, 7) is 8.84. The van der Waals surface area contributed by atoms with Gasteiger partial charge in [-0.1, -0.05) is 50.6 Å². The van der Waals surface area contributed by atoms with Crippen molar-refractivity contribution >= 4 is 29.4 Å². The number of aromatic nitrogens is 2. The summed E-state index contributed by atoms with van der Waals surface area (Å²) in [6, 6.07) is 14.3. The monoisotopic (exact) mass is 524 g/mol. The number of fused-ring (bicyclic) bond motifs is 1. The molecule has 9 heteroatoms. The van der Waals surface area contributed by atoms with E-state index in [1.807, 2.05) is 19.1 Å². The molecule has 0 spiro atoms. The second-order valence-corrected chi connectivity index (χ2v) is 11.2. The zero-order valence-electron chi connectivity index (χ0n) is 21.9. The summed E-state index contributed by atoms with van der Waals surface area (Å²) in [4.78, 5) is 28.0. The van der Waals surface area contributed by atoms with E-state index in [0.29, 0.717) is 24.7 Å². The van der Waals surface area contributed by atoms with Gasteiger partial charge in [0.15, 0.2) is 0 Å². The van der Waals surface area contributed by atoms with Gasteiger partial charge in [0, 0.05) is 24.6 Å². The number of hydrogen-bond donors (Lipinski definition) is 1. The van der Waals surface area contributed by atoms with Gasteiger partial charge < -0.3 is 10.1 Å². The minimum absolute atomic E-state index is 0.160. The third-order valence-electron chi connectivity index (χ3n) is 6.15. The van der Waals surface area contributed by atoms with Gasteiger partial charge in [0.2, 0.25) is 11.8 Å². The standard InChI is InChI=1S/C28H33FN4O3S/c1-18-7-6-8-19(15-18)25-24-26(28(2,3)4)31-33(21-11-9-20(29)10-12-21)27(24)32(23(35)17-37-25)16-22(34)30-13-14-36-5/h6-12,15,25H,13-14,16-17H2,1-5H3,(H,30,34). The van der Waals surface area contributed by atoms with Crippen LogP contribution in [0.15, 0.2) is 48.5 Å². The summed E-state index contributed by atoms with van der Waals surface area (Å²) in [5.41, 5.74) is 4.15. The van der Waals surface area contributed by atoms with Crippen molar-refractivity contribution in [2.75, 3.05) is 37.5 Å². The van der Waals surface area contributed by atoms with E-state index in [1.54, 1.807) is 23.9 Å². The van der Waals surface area contributed by atoms with E-state index in [4.69, 9.17) is 9.84 Å². The fourth-order valence-electron chi connectivity index (χ4n) is 4.42. The van der Waals surface area contributed by atoms with Crippen molar-refractivity contribution in [3.05, 3.63) is 76.7 Å². The van der Waals surface area contributed by atoms with Crippen molar-refractivity contribution < 1.29 is 18.7 Å². The molecule has 0 aliphatic carbocycles. The average molecular weight is 525 g/mol. The molecule has 1 aromatic heterocycles. The van der Waals surface area contributed by atoms with Crippen LogP contribution in [0.2, 0.25) is 0 Å². The summed E-state index contributed by atoms with van der Waals surface area (Å²) < 4.78 is 20.5. The molecule has 0 bridgehead atoms. The normalized spacial score (nSPS) is 15.9. The van der Waals surface area contributed by atoms with Gasteiger partial charge in [0.1, 0.15) is 18.2 Å². The Labute approximate surface area is 221 Å². The van der Waals surface area contributed by atoms with Crippen LogP contribution in [0.4, 0.5) is 10.2 Å². The van der Waals surface area contributed by atoms with E-state index >= 15 is 0 Å². The minimum atomic E-state index is -0.364. The summed E-state index contributed by atoms with van der Waals surface area (Å²) in [7, 11) is 1.56. The summed E-state index contributed by atoms with van der Waals surface area (Å²) in [6.07, 6.45) is 0. The molecule has 0 fully saturated rings. The van der Waals surface area contributed by atoms with Gasteiger partial charge in [-0.15, -0.1) is 11.8 Å². The third-order valence-corrected chi connectivity index (χ3v) is 7.40. The summed E-state index contributed by atoms with van der Waals surface area (Å²) in [5.74, 6) is -0.103. The molecule has 0 radical (unpaired) electrons. The van der Waals surface area contributed by atoms with Crippen molar-refractivity contribution in [3.8, 4) is 5.69 Å². The van der Waals surface area contributed by atoms with E-state index in [9.17, 15) is 14.0 Å². The number of carbonyl (C=O) groups excluding carboxylic acids is 2. The Hall–Kier alpha value is -3.17. The molecule has 1 unspecified atom stereocenters. The van der Waals surface area contributed by atoms with Crippen LogP contribution in [0, 0.1) is 12.7 Å². The first-order chi connectivity index (χ1) is 17.6. The number of amides is 2. The van der Waals surface area contributed by atoms with Gasteiger partial charge in [-0.3, -0.25) is 14.5 Å². The number of carbonyl (C=O) groups is 2. The molecule has 4 rings (SSSR count). The SMILES string of the molecule is COCCNC(=O)CN1C(=O)CSC(c2cccc(C)c2)c2c(C(C)(C)C)nn(-c3ccc(F)cc3)c21. The number of nitrogens with one attached hydrogen (secondary N) is 1. The highest BCUT2D eigenvalue weighted by molar-refractivity contribution is 8.00. The quantitative estimate of drug-likeness (QED) is 0.459. The molecular weight excluding hydrogens is 491 g/mol. The molecule has 1 atom stereocenters. The van der Waals surface area contributed by atoms with Crippen molar-refractivity contribution in [3.63, 3.8) is 0 Å². The number of anilines is 1. The fraction of sp³-hybridized carbons (Fsp3) is 0.393. The van der Waals surface area contributed by atoms with Crippen LogP contribution < -0.4 is 10.2 Å². The molecule has 1 aliphatic heterocycles. The van der Waals surface area contributed by atoms with Crippen LogP contribution >= 0.6 is 11.8 Å². The van der Waals surface area contributed by atoms with Crippen molar-refractivity contribution in [2.24, 2.45) is 0 Å². The lowest BCUT2D eigenvalue weighted by atomic mass is 9.87. The molecule has 2 aromatic carbocycles. The zero-order chi connectivity index (χ0) is 26.7. The molecule has 37 heavy (non-hydrogen) atoms. The van der Waals surface area contributed by atoms with Crippen LogP contribution in [-0.2, 0) is 19.7 Å². The van der Waals surface area contributed by atoms with E-state index in [2.05, 4.69) is 38.2 Å². The maximum atomic E-state index is 13.8. The lowest BCUT2D eigenvalue weighted by molar-refractivity contribution is -0.123.